The summed E-state index contributed by atoms with van der Waals surface area (Å²) in [7, 11) is 0. The molecule has 1 heterocycles. The van der Waals surface area contributed by atoms with E-state index in [0.29, 0.717) is 5.92 Å². The number of hydrogen-bond acceptors (Lipinski definition) is 2. The second-order valence-electron chi connectivity index (χ2n) is 6.37. The highest BCUT2D eigenvalue weighted by molar-refractivity contribution is 5.80. The first-order valence-corrected chi connectivity index (χ1v) is 7.64. The summed E-state index contributed by atoms with van der Waals surface area (Å²) >= 11 is 0. The van der Waals surface area contributed by atoms with Crippen LogP contribution in [-0.2, 0) is 4.79 Å². The van der Waals surface area contributed by atoms with Crippen molar-refractivity contribution in [2.75, 3.05) is 0 Å². The zero-order valence-corrected chi connectivity index (χ0v) is 12.5. The van der Waals surface area contributed by atoms with Crippen LogP contribution in [0.1, 0.15) is 43.4 Å². The molecular weight excluding hydrogens is 262 g/mol. The molecule has 1 N–H and O–H groups in total. The molecule has 110 valence electrons. The summed E-state index contributed by atoms with van der Waals surface area (Å²) in [6, 6.07) is 10.3. The minimum absolute atomic E-state index is 0.122. The number of rotatable bonds is 2. The number of carbonyl (C=O) groups is 1. The Morgan fingerprint density at radius 3 is 2.81 bits per heavy atom. The van der Waals surface area contributed by atoms with Crippen molar-refractivity contribution in [1.29, 1.82) is 0 Å². The molecule has 1 aliphatic rings. The summed E-state index contributed by atoms with van der Waals surface area (Å²) in [6.45, 7) is 4.20. The largest absolute Gasteiger partial charge is 0.481 e. The van der Waals surface area contributed by atoms with Crippen molar-refractivity contribution < 1.29 is 9.90 Å². The Morgan fingerprint density at radius 2 is 2.05 bits per heavy atom. The Kier molecular flexibility index (Phi) is 3.66. The van der Waals surface area contributed by atoms with Crippen LogP contribution in [0, 0.1) is 18.8 Å². The standard InChI is InChI=1S/C18H21NO2/c1-11-3-7-15(18(20)21)16(9-11)13-6-8-17-14(10-13)5-4-12(2)19-17/h4-6,8,10-11,15-16H,3,7,9H2,1-2H3,(H,20,21). The van der Waals surface area contributed by atoms with E-state index in [2.05, 4.69) is 30.1 Å². The van der Waals surface area contributed by atoms with Crippen molar-refractivity contribution in [3.8, 4) is 0 Å². The maximum absolute atomic E-state index is 11.5. The van der Waals surface area contributed by atoms with E-state index in [4.69, 9.17) is 0 Å². The first-order valence-electron chi connectivity index (χ1n) is 7.64. The molecule has 0 bridgehead atoms. The lowest BCUT2D eigenvalue weighted by Crippen LogP contribution is -2.28. The van der Waals surface area contributed by atoms with Crippen LogP contribution in [0.5, 0.6) is 0 Å². The first-order chi connectivity index (χ1) is 10.0. The van der Waals surface area contributed by atoms with Gasteiger partial charge in [0.1, 0.15) is 0 Å². The highest BCUT2D eigenvalue weighted by Gasteiger charge is 2.34. The van der Waals surface area contributed by atoms with Gasteiger partial charge in [0.15, 0.2) is 0 Å². The third-order valence-electron chi connectivity index (χ3n) is 4.71. The Morgan fingerprint density at radius 1 is 1.24 bits per heavy atom. The molecule has 3 unspecified atom stereocenters. The van der Waals surface area contributed by atoms with Gasteiger partial charge in [0.2, 0.25) is 0 Å². The van der Waals surface area contributed by atoms with Gasteiger partial charge in [0, 0.05) is 11.1 Å². The number of aliphatic carboxylic acids is 1. The predicted octanol–water partition coefficient (Wildman–Crippen LogP) is 4.15. The number of carboxylic acids is 1. The van der Waals surface area contributed by atoms with Crippen LogP contribution in [0.4, 0.5) is 0 Å². The van der Waals surface area contributed by atoms with E-state index in [1.54, 1.807) is 0 Å². The van der Waals surface area contributed by atoms with E-state index < -0.39 is 5.97 Å². The minimum atomic E-state index is -0.658. The van der Waals surface area contributed by atoms with Gasteiger partial charge in [-0.2, -0.15) is 0 Å². The van der Waals surface area contributed by atoms with Gasteiger partial charge in [-0.1, -0.05) is 19.1 Å². The predicted molar refractivity (Wildman–Crippen MR) is 83.4 cm³/mol. The molecule has 1 aliphatic carbocycles. The molecule has 21 heavy (non-hydrogen) atoms. The molecule has 0 spiro atoms. The molecule has 1 saturated carbocycles. The Labute approximate surface area is 125 Å². The van der Waals surface area contributed by atoms with Crippen molar-refractivity contribution in [2.24, 2.45) is 11.8 Å². The molecule has 0 amide bonds. The van der Waals surface area contributed by atoms with Crippen LogP contribution in [-0.4, -0.2) is 16.1 Å². The molecule has 3 heteroatoms. The first kappa shape index (κ1) is 14.1. The Bertz CT molecular complexity index is 680. The average molecular weight is 283 g/mol. The molecule has 3 atom stereocenters. The summed E-state index contributed by atoms with van der Waals surface area (Å²) in [6.07, 6.45) is 2.76. The molecule has 0 aliphatic heterocycles. The third-order valence-corrected chi connectivity index (χ3v) is 4.71. The van der Waals surface area contributed by atoms with Gasteiger partial charge in [-0.05, 0) is 61.8 Å². The van der Waals surface area contributed by atoms with Crippen molar-refractivity contribution in [3.05, 3.63) is 41.6 Å². The van der Waals surface area contributed by atoms with E-state index in [-0.39, 0.29) is 11.8 Å². The molecule has 1 aromatic heterocycles. The average Bonchev–Trinajstić information content (AvgIpc) is 2.46. The second-order valence-corrected chi connectivity index (χ2v) is 6.37. The van der Waals surface area contributed by atoms with E-state index in [1.807, 2.05) is 19.1 Å². The Balaban J connectivity index is 2.00. The number of benzene rings is 1. The number of hydrogen-bond donors (Lipinski definition) is 1. The van der Waals surface area contributed by atoms with Crippen LogP contribution in [0.2, 0.25) is 0 Å². The summed E-state index contributed by atoms with van der Waals surface area (Å²) in [5, 5.41) is 10.6. The summed E-state index contributed by atoms with van der Waals surface area (Å²) in [4.78, 5) is 16.1. The highest BCUT2D eigenvalue weighted by atomic mass is 16.4. The van der Waals surface area contributed by atoms with Gasteiger partial charge in [-0.25, -0.2) is 0 Å². The van der Waals surface area contributed by atoms with Gasteiger partial charge in [0.25, 0.3) is 0 Å². The smallest absolute Gasteiger partial charge is 0.307 e. The topological polar surface area (TPSA) is 50.2 Å². The summed E-state index contributed by atoms with van der Waals surface area (Å²) in [5.74, 6) is -0.194. The van der Waals surface area contributed by atoms with Crippen molar-refractivity contribution >= 4 is 16.9 Å². The number of aryl methyl sites for hydroxylation is 1. The van der Waals surface area contributed by atoms with E-state index >= 15 is 0 Å². The lowest BCUT2D eigenvalue weighted by Gasteiger charge is -2.32. The fourth-order valence-electron chi connectivity index (χ4n) is 3.52. The monoisotopic (exact) mass is 283 g/mol. The molecule has 3 nitrogen and oxygen atoms in total. The number of carboxylic acid groups (broad SMARTS) is 1. The zero-order valence-electron chi connectivity index (χ0n) is 12.5. The second kappa shape index (κ2) is 5.47. The number of fused-ring (bicyclic) bond motifs is 1. The van der Waals surface area contributed by atoms with Crippen LogP contribution in [0.3, 0.4) is 0 Å². The van der Waals surface area contributed by atoms with Crippen LogP contribution >= 0.6 is 0 Å². The molecular formula is C18H21NO2. The molecule has 3 rings (SSSR count). The quantitative estimate of drug-likeness (QED) is 0.900. The van der Waals surface area contributed by atoms with E-state index in [1.165, 1.54) is 0 Å². The SMILES string of the molecule is Cc1ccc2cc(C3CC(C)CCC3C(=O)O)ccc2n1. The molecule has 0 radical (unpaired) electrons. The van der Waals surface area contributed by atoms with E-state index in [0.717, 1.165) is 41.4 Å². The van der Waals surface area contributed by atoms with Gasteiger partial charge >= 0.3 is 5.97 Å². The molecule has 2 aromatic rings. The number of nitrogens with zero attached hydrogens (tertiary/aromatic N) is 1. The Hall–Kier alpha value is -1.90. The fourth-order valence-corrected chi connectivity index (χ4v) is 3.52. The zero-order chi connectivity index (χ0) is 15.0. The normalized spacial score (nSPS) is 25.9. The van der Waals surface area contributed by atoms with Gasteiger partial charge < -0.3 is 5.11 Å². The number of aromatic nitrogens is 1. The molecule has 1 fully saturated rings. The molecule has 1 aromatic carbocycles. The summed E-state index contributed by atoms with van der Waals surface area (Å²) < 4.78 is 0. The maximum Gasteiger partial charge on any atom is 0.307 e. The van der Waals surface area contributed by atoms with Crippen LogP contribution in [0.15, 0.2) is 30.3 Å². The molecule has 0 saturated heterocycles. The van der Waals surface area contributed by atoms with Gasteiger partial charge in [-0.15, -0.1) is 0 Å². The van der Waals surface area contributed by atoms with Crippen molar-refractivity contribution in [1.82, 2.24) is 4.98 Å². The van der Waals surface area contributed by atoms with Crippen molar-refractivity contribution in [2.45, 2.75) is 39.0 Å². The summed E-state index contributed by atoms with van der Waals surface area (Å²) in [5.41, 5.74) is 3.13. The highest BCUT2D eigenvalue weighted by Crippen LogP contribution is 2.41. The van der Waals surface area contributed by atoms with Crippen LogP contribution < -0.4 is 0 Å². The van der Waals surface area contributed by atoms with Crippen LogP contribution in [0.25, 0.3) is 10.9 Å². The number of pyridine rings is 1. The van der Waals surface area contributed by atoms with Gasteiger partial charge in [0.05, 0.1) is 11.4 Å². The lowest BCUT2D eigenvalue weighted by atomic mass is 9.71. The lowest BCUT2D eigenvalue weighted by molar-refractivity contribution is -0.143. The van der Waals surface area contributed by atoms with Crippen molar-refractivity contribution in [3.63, 3.8) is 0 Å². The van der Waals surface area contributed by atoms with Gasteiger partial charge in [-0.3, -0.25) is 9.78 Å². The fraction of sp³-hybridized carbons (Fsp3) is 0.444. The maximum atomic E-state index is 11.5. The third kappa shape index (κ3) is 2.78. The minimum Gasteiger partial charge on any atom is -0.481 e. The van der Waals surface area contributed by atoms with E-state index in [9.17, 15) is 9.90 Å².